The summed E-state index contributed by atoms with van der Waals surface area (Å²) in [5.74, 6) is 0.357. The standard InChI is InChI=1S/C10H12O3/c1-3-4-9(12-2)7-8-5-6-13-10(8)11/h3-4,7H,1,5-6H2,2H3/b8-7+,9-4+. The summed E-state index contributed by atoms with van der Waals surface area (Å²) in [6.07, 6.45) is 5.63. The molecule has 0 spiro atoms. The Hall–Kier alpha value is -1.51. The molecule has 0 amide bonds. The lowest BCUT2D eigenvalue weighted by Gasteiger charge is -1.98. The lowest BCUT2D eigenvalue weighted by molar-refractivity contribution is -0.135. The van der Waals surface area contributed by atoms with Crippen LogP contribution in [0.2, 0.25) is 0 Å². The number of hydrogen-bond acceptors (Lipinski definition) is 3. The minimum absolute atomic E-state index is 0.257. The summed E-state index contributed by atoms with van der Waals surface area (Å²) in [6, 6.07) is 0. The Kier molecular flexibility index (Phi) is 3.31. The molecule has 0 atom stereocenters. The van der Waals surface area contributed by atoms with E-state index in [1.165, 1.54) is 0 Å². The molecule has 0 radical (unpaired) electrons. The number of ether oxygens (including phenoxy) is 2. The maximum atomic E-state index is 11.0. The van der Waals surface area contributed by atoms with E-state index in [0.717, 1.165) is 0 Å². The van der Waals surface area contributed by atoms with Gasteiger partial charge in [0.2, 0.25) is 0 Å². The fourth-order valence-corrected chi connectivity index (χ4v) is 1.04. The summed E-state index contributed by atoms with van der Waals surface area (Å²) >= 11 is 0. The Morgan fingerprint density at radius 1 is 1.69 bits per heavy atom. The number of carbonyl (C=O) groups excluding carboxylic acids is 1. The Labute approximate surface area is 77.3 Å². The molecular formula is C10H12O3. The Morgan fingerprint density at radius 2 is 2.46 bits per heavy atom. The van der Waals surface area contributed by atoms with Crippen LogP contribution in [0.15, 0.2) is 36.1 Å². The molecule has 1 rings (SSSR count). The van der Waals surface area contributed by atoms with Crippen molar-refractivity contribution in [1.29, 1.82) is 0 Å². The number of carbonyl (C=O) groups is 1. The molecule has 0 aromatic heterocycles. The zero-order valence-electron chi connectivity index (χ0n) is 7.58. The largest absolute Gasteiger partial charge is 0.497 e. The average Bonchev–Trinajstić information content (AvgIpc) is 2.51. The highest BCUT2D eigenvalue weighted by Gasteiger charge is 2.18. The highest BCUT2D eigenvalue weighted by molar-refractivity contribution is 5.90. The zero-order valence-corrected chi connectivity index (χ0v) is 7.58. The van der Waals surface area contributed by atoms with Gasteiger partial charge in [-0.25, -0.2) is 4.79 Å². The van der Waals surface area contributed by atoms with Crippen LogP contribution in [0.5, 0.6) is 0 Å². The first-order chi connectivity index (χ1) is 6.27. The van der Waals surface area contributed by atoms with Gasteiger partial charge in [0, 0.05) is 12.0 Å². The van der Waals surface area contributed by atoms with Crippen LogP contribution in [0, 0.1) is 0 Å². The van der Waals surface area contributed by atoms with E-state index in [2.05, 4.69) is 6.58 Å². The summed E-state index contributed by atoms with van der Waals surface area (Å²) in [5.41, 5.74) is 0.648. The second kappa shape index (κ2) is 4.50. The monoisotopic (exact) mass is 180 g/mol. The van der Waals surface area contributed by atoms with E-state index in [0.29, 0.717) is 24.4 Å². The van der Waals surface area contributed by atoms with Crippen molar-refractivity contribution in [2.75, 3.05) is 13.7 Å². The Bertz CT molecular complexity index is 274. The van der Waals surface area contributed by atoms with Crippen molar-refractivity contribution in [2.24, 2.45) is 0 Å². The molecule has 1 aliphatic rings. The van der Waals surface area contributed by atoms with Gasteiger partial charge < -0.3 is 9.47 Å². The van der Waals surface area contributed by atoms with Crippen molar-refractivity contribution in [3.63, 3.8) is 0 Å². The fraction of sp³-hybridized carbons (Fsp3) is 0.300. The first kappa shape index (κ1) is 9.58. The molecule has 1 aliphatic heterocycles. The quantitative estimate of drug-likeness (QED) is 0.286. The molecule has 0 N–H and O–H groups in total. The summed E-state index contributed by atoms with van der Waals surface area (Å²) in [5, 5.41) is 0. The molecule has 1 heterocycles. The summed E-state index contributed by atoms with van der Waals surface area (Å²) < 4.78 is 9.78. The summed E-state index contributed by atoms with van der Waals surface area (Å²) in [7, 11) is 1.55. The van der Waals surface area contributed by atoms with E-state index in [4.69, 9.17) is 9.47 Å². The molecule has 3 heteroatoms. The van der Waals surface area contributed by atoms with Gasteiger partial charge in [-0.15, -0.1) is 0 Å². The third kappa shape index (κ3) is 2.47. The lowest BCUT2D eigenvalue weighted by Crippen LogP contribution is -1.95. The lowest BCUT2D eigenvalue weighted by atomic mass is 10.2. The van der Waals surface area contributed by atoms with Crippen LogP contribution < -0.4 is 0 Å². The van der Waals surface area contributed by atoms with E-state index in [-0.39, 0.29) is 5.97 Å². The highest BCUT2D eigenvalue weighted by atomic mass is 16.5. The predicted octanol–water partition coefficient (Wildman–Crippen LogP) is 1.58. The minimum Gasteiger partial charge on any atom is -0.497 e. The Morgan fingerprint density at radius 3 is 2.92 bits per heavy atom. The van der Waals surface area contributed by atoms with Gasteiger partial charge in [-0.1, -0.05) is 12.7 Å². The molecule has 13 heavy (non-hydrogen) atoms. The van der Waals surface area contributed by atoms with Crippen molar-refractivity contribution in [3.05, 3.63) is 36.1 Å². The van der Waals surface area contributed by atoms with E-state index in [1.54, 1.807) is 25.3 Å². The topological polar surface area (TPSA) is 35.5 Å². The number of esters is 1. The molecule has 1 saturated heterocycles. The zero-order chi connectivity index (χ0) is 9.68. The smallest absolute Gasteiger partial charge is 0.334 e. The number of allylic oxidation sites excluding steroid dienone is 3. The molecule has 0 aromatic carbocycles. The third-order valence-electron chi connectivity index (χ3n) is 1.70. The van der Waals surface area contributed by atoms with Crippen molar-refractivity contribution in [2.45, 2.75) is 6.42 Å². The maximum Gasteiger partial charge on any atom is 0.334 e. The summed E-state index contributed by atoms with van der Waals surface area (Å²) in [4.78, 5) is 11.0. The van der Waals surface area contributed by atoms with E-state index in [1.807, 2.05) is 0 Å². The molecule has 0 aliphatic carbocycles. The molecule has 70 valence electrons. The van der Waals surface area contributed by atoms with E-state index in [9.17, 15) is 4.79 Å². The molecule has 0 bridgehead atoms. The van der Waals surface area contributed by atoms with Crippen molar-refractivity contribution >= 4 is 5.97 Å². The van der Waals surface area contributed by atoms with Gasteiger partial charge >= 0.3 is 5.97 Å². The second-order valence-corrected chi connectivity index (χ2v) is 2.56. The SMILES string of the molecule is C=C/C=C(\C=C1/CCOC1=O)OC. The van der Waals surface area contributed by atoms with Crippen LogP contribution >= 0.6 is 0 Å². The Balaban J connectivity index is 2.78. The third-order valence-corrected chi connectivity index (χ3v) is 1.70. The molecule has 0 aromatic rings. The average molecular weight is 180 g/mol. The second-order valence-electron chi connectivity index (χ2n) is 2.56. The fourth-order valence-electron chi connectivity index (χ4n) is 1.04. The normalized spacial score (nSPS) is 20.2. The summed E-state index contributed by atoms with van der Waals surface area (Å²) in [6.45, 7) is 4.01. The molecule has 3 nitrogen and oxygen atoms in total. The number of rotatable bonds is 3. The van der Waals surface area contributed by atoms with Crippen LogP contribution in [0.25, 0.3) is 0 Å². The minimum atomic E-state index is -0.257. The number of hydrogen-bond donors (Lipinski definition) is 0. The van der Waals surface area contributed by atoms with Crippen LogP contribution in [0.4, 0.5) is 0 Å². The van der Waals surface area contributed by atoms with Gasteiger partial charge in [-0.05, 0) is 12.2 Å². The van der Waals surface area contributed by atoms with Crippen LogP contribution in [-0.2, 0) is 14.3 Å². The molecule has 1 fully saturated rings. The first-order valence-electron chi connectivity index (χ1n) is 4.02. The molecule has 0 unspecified atom stereocenters. The van der Waals surface area contributed by atoms with Crippen LogP contribution in [0.3, 0.4) is 0 Å². The maximum absolute atomic E-state index is 11.0. The number of cyclic esters (lactones) is 1. The first-order valence-corrected chi connectivity index (χ1v) is 4.02. The molecule has 0 saturated carbocycles. The van der Waals surface area contributed by atoms with Gasteiger partial charge in [0.25, 0.3) is 0 Å². The van der Waals surface area contributed by atoms with Crippen molar-refractivity contribution in [3.8, 4) is 0 Å². The number of methoxy groups -OCH3 is 1. The van der Waals surface area contributed by atoms with Gasteiger partial charge in [-0.2, -0.15) is 0 Å². The van der Waals surface area contributed by atoms with E-state index >= 15 is 0 Å². The van der Waals surface area contributed by atoms with Crippen LogP contribution in [-0.4, -0.2) is 19.7 Å². The molecular weight excluding hydrogens is 168 g/mol. The van der Waals surface area contributed by atoms with E-state index < -0.39 is 0 Å². The van der Waals surface area contributed by atoms with Gasteiger partial charge in [0.15, 0.2) is 0 Å². The van der Waals surface area contributed by atoms with Crippen LogP contribution in [0.1, 0.15) is 6.42 Å². The highest BCUT2D eigenvalue weighted by Crippen LogP contribution is 2.15. The van der Waals surface area contributed by atoms with Gasteiger partial charge in [0.1, 0.15) is 5.76 Å². The van der Waals surface area contributed by atoms with Gasteiger partial charge in [-0.3, -0.25) is 0 Å². The van der Waals surface area contributed by atoms with Crippen molar-refractivity contribution in [1.82, 2.24) is 0 Å². The van der Waals surface area contributed by atoms with Crippen molar-refractivity contribution < 1.29 is 14.3 Å². The van der Waals surface area contributed by atoms with Gasteiger partial charge in [0.05, 0.1) is 13.7 Å². The predicted molar refractivity (Wildman–Crippen MR) is 48.9 cm³/mol.